The Kier molecular flexibility index (Phi) is 6.67. The number of nitrogens with one attached hydrogen (secondary N) is 1. The number of hydrogen-bond donors (Lipinski definition) is 1. The van der Waals surface area contributed by atoms with Crippen molar-refractivity contribution in [1.29, 1.82) is 0 Å². The average molecular weight is 431 g/mol. The molecule has 0 aromatic heterocycles. The minimum absolute atomic E-state index is 0.1000. The number of rotatable bonds is 5. The lowest BCUT2D eigenvalue weighted by Crippen LogP contribution is -2.40. The van der Waals surface area contributed by atoms with E-state index in [-0.39, 0.29) is 25.7 Å². The van der Waals surface area contributed by atoms with Crippen molar-refractivity contribution in [2.45, 2.75) is 67.1 Å². The summed E-state index contributed by atoms with van der Waals surface area (Å²) in [6, 6.07) is 3.07. The summed E-state index contributed by atoms with van der Waals surface area (Å²) in [5.74, 6) is -0.762. The summed E-state index contributed by atoms with van der Waals surface area (Å²) in [6.45, 7) is 0. The Morgan fingerprint density at radius 2 is 1.64 bits per heavy atom. The van der Waals surface area contributed by atoms with Crippen LogP contribution in [0, 0.1) is 0 Å². The molecule has 0 atom stereocenters. The molecule has 4 nitrogen and oxygen atoms in total. The van der Waals surface area contributed by atoms with Gasteiger partial charge in [0.05, 0.1) is 22.1 Å². The van der Waals surface area contributed by atoms with Crippen LogP contribution in [0.3, 0.4) is 0 Å². The summed E-state index contributed by atoms with van der Waals surface area (Å²) < 4.78 is 100. The molecule has 28 heavy (non-hydrogen) atoms. The highest BCUT2D eigenvalue weighted by atomic mass is 32.2. The second kappa shape index (κ2) is 8.30. The molecule has 1 fully saturated rings. The van der Waals surface area contributed by atoms with Crippen LogP contribution in [0.25, 0.3) is 0 Å². The van der Waals surface area contributed by atoms with E-state index in [1.54, 1.807) is 0 Å². The van der Waals surface area contributed by atoms with Gasteiger partial charge in [-0.3, -0.25) is 4.79 Å². The van der Waals surface area contributed by atoms with Crippen LogP contribution in [-0.4, -0.2) is 31.8 Å². The second-order valence-electron chi connectivity index (χ2n) is 6.73. The highest BCUT2D eigenvalue weighted by molar-refractivity contribution is 7.92. The quantitative estimate of drug-likeness (QED) is 0.709. The van der Waals surface area contributed by atoms with E-state index in [0.29, 0.717) is 6.07 Å². The zero-order valence-corrected chi connectivity index (χ0v) is 15.4. The average Bonchev–Trinajstić information content (AvgIpc) is 2.59. The minimum atomic E-state index is -4.66. The van der Waals surface area contributed by atoms with Crippen LogP contribution < -0.4 is 5.32 Å². The van der Waals surface area contributed by atoms with Crippen molar-refractivity contribution in [3.8, 4) is 0 Å². The van der Waals surface area contributed by atoms with Crippen molar-refractivity contribution in [3.63, 3.8) is 0 Å². The number of sulfone groups is 1. The molecule has 0 bridgehead atoms. The van der Waals surface area contributed by atoms with Gasteiger partial charge in [-0.2, -0.15) is 26.3 Å². The van der Waals surface area contributed by atoms with E-state index < -0.39 is 62.7 Å². The number of benzene rings is 1. The van der Waals surface area contributed by atoms with E-state index in [1.165, 1.54) is 0 Å². The topological polar surface area (TPSA) is 63.2 Å². The Balaban J connectivity index is 1.96. The zero-order valence-electron chi connectivity index (χ0n) is 14.6. The van der Waals surface area contributed by atoms with Gasteiger partial charge in [-0.15, -0.1) is 0 Å². The van der Waals surface area contributed by atoms with Crippen LogP contribution in [0.2, 0.25) is 0 Å². The fourth-order valence-corrected chi connectivity index (χ4v) is 4.95. The van der Waals surface area contributed by atoms with E-state index in [4.69, 9.17) is 0 Å². The van der Waals surface area contributed by atoms with Gasteiger partial charge in [-0.1, -0.05) is 6.07 Å². The molecule has 1 aromatic rings. The lowest BCUT2D eigenvalue weighted by Gasteiger charge is -2.29. The van der Waals surface area contributed by atoms with E-state index in [9.17, 15) is 39.6 Å². The van der Waals surface area contributed by atoms with Crippen LogP contribution in [0.4, 0.5) is 26.3 Å². The monoisotopic (exact) mass is 431 g/mol. The van der Waals surface area contributed by atoms with Gasteiger partial charge < -0.3 is 5.32 Å². The van der Waals surface area contributed by atoms with Gasteiger partial charge in [0.1, 0.15) is 0 Å². The van der Waals surface area contributed by atoms with Gasteiger partial charge in [-0.25, -0.2) is 8.42 Å². The maximum atomic E-state index is 12.8. The normalized spacial score (nSPS) is 21.4. The van der Waals surface area contributed by atoms with E-state index in [0.717, 1.165) is 18.2 Å². The third-order valence-corrected chi connectivity index (χ3v) is 6.86. The third kappa shape index (κ3) is 6.11. The van der Waals surface area contributed by atoms with Crippen LogP contribution in [0.15, 0.2) is 29.2 Å². The molecule has 0 radical (unpaired) electrons. The minimum Gasteiger partial charge on any atom is -0.353 e. The first-order chi connectivity index (χ1) is 12.8. The molecule has 1 N–H and O–H groups in total. The van der Waals surface area contributed by atoms with Crippen molar-refractivity contribution < 1.29 is 39.6 Å². The highest BCUT2D eigenvalue weighted by Gasteiger charge is 2.36. The lowest BCUT2D eigenvalue weighted by atomic mass is 9.95. The standard InChI is InChI=1S/C17H19F6NO3S/c18-16(19,20)9-8-15(25)24-12-4-6-13(7-5-12)28(26,27)14-3-1-2-11(10-14)17(21,22)23/h1-3,10,12-13H,4-9H2,(H,24,25). The molecule has 2 rings (SSSR count). The summed E-state index contributed by atoms with van der Waals surface area (Å²) in [5, 5.41) is 1.55. The molecule has 158 valence electrons. The number of carbonyl (C=O) groups is 1. The van der Waals surface area contributed by atoms with E-state index >= 15 is 0 Å². The molecule has 1 amide bonds. The maximum absolute atomic E-state index is 12.8. The second-order valence-corrected chi connectivity index (χ2v) is 8.96. The Morgan fingerprint density at radius 1 is 1.04 bits per heavy atom. The summed E-state index contributed by atoms with van der Waals surface area (Å²) in [5.41, 5.74) is -1.06. The predicted octanol–water partition coefficient (Wildman–Crippen LogP) is 4.25. The number of hydrogen-bond acceptors (Lipinski definition) is 3. The molecule has 11 heteroatoms. The van der Waals surface area contributed by atoms with Gasteiger partial charge in [0.2, 0.25) is 5.91 Å². The van der Waals surface area contributed by atoms with Crippen molar-refractivity contribution in [2.75, 3.05) is 0 Å². The fourth-order valence-electron chi connectivity index (χ4n) is 3.11. The Morgan fingerprint density at radius 3 is 2.18 bits per heavy atom. The first-order valence-electron chi connectivity index (χ1n) is 8.56. The predicted molar refractivity (Wildman–Crippen MR) is 88.1 cm³/mol. The Labute approximate surface area is 158 Å². The van der Waals surface area contributed by atoms with Crippen molar-refractivity contribution in [2.24, 2.45) is 0 Å². The molecular weight excluding hydrogens is 412 g/mol. The van der Waals surface area contributed by atoms with Crippen LogP contribution >= 0.6 is 0 Å². The lowest BCUT2D eigenvalue weighted by molar-refractivity contribution is -0.144. The molecule has 1 aliphatic carbocycles. The van der Waals surface area contributed by atoms with Crippen molar-refractivity contribution >= 4 is 15.7 Å². The molecular formula is C17H19F6NO3S. The Bertz CT molecular complexity index is 796. The SMILES string of the molecule is O=C(CCC(F)(F)F)NC1CCC(S(=O)(=O)c2cccc(C(F)(F)F)c2)CC1. The Hall–Kier alpha value is -1.78. The summed E-state index contributed by atoms with van der Waals surface area (Å²) in [6.07, 6.45) is -10.4. The third-order valence-electron chi connectivity index (χ3n) is 4.60. The van der Waals surface area contributed by atoms with Crippen molar-refractivity contribution in [3.05, 3.63) is 29.8 Å². The zero-order chi connectivity index (χ0) is 21.2. The van der Waals surface area contributed by atoms with E-state index in [2.05, 4.69) is 5.32 Å². The fraction of sp³-hybridized carbons (Fsp3) is 0.588. The molecule has 0 aliphatic heterocycles. The van der Waals surface area contributed by atoms with Gasteiger partial charge in [0, 0.05) is 12.5 Å². The smallest absolute Gasteiger partial charge is 0.353 e. The first-order valence-corrected chi connectivity index (χ1v) is 10.1. The summed E-state index contributed by atoms with van der Waals surface area (Å²) in [7, 11) is -3.99. The summed E-state index contributed by atoms with van der Waals surface area (Å²) in [4.78, 5) is 11.1. The number of amides is 1. The number of alkyl halides is 6. The molecule has 0 saturated heterocycles. The van der Waals surface area contributed by atoms with Gasteiger partial charge >= 0.3 is 12.4 Å². The van der Waals surface area contributed by atoms with Crippen LogP contribution in [-0.2, 0) is 20.8 Å². The van der Waals surface area contributed by atoms with Crippen LogP contribution in [0.1, 0.15) is 44.1 Å². The number of halogens is 6. The highest BCUT2D eigenvalue weighted by Crippen LogP contribution is 2.33. The first kappa shape index (κ1) is 22.5. The van der Waals surface area contributed by atoms with Gasteiger partial charge in [0.25, 0.3) is 0 Å². The maximum Gasteiger partial charge on any atom is 0.416 e. The molecule has 1 aromatic carbocycles. The largest absolute Gasteiger partial charge is 0.416 e. The molecule has 0 heterocycles. The van der Waals surface area contributed by atoms with Gasteiger partial charge in [-0.05, 0) is 43.9 Å². The molecule has 0 spiro atoms. The summed E-state index contributed by atoms with van der Waals surface area (Å²) >= 11 is 0. The molecule has 1 saturated carbocycles. The molecule has 1 aliphatic rings. The molecule has 0 unspecified atom stereocenters. The van der Waals surface area contributed by atoms with Crippen molar-refractivity contribution in [1.82, 2.24) is 5.32 Å². The van der Waals surface area contributed by atoms with Crippen LogP contribution in [0.5, 0.6) is 0 Å². The number of carbonyl (C=O) groups excluding carboxylic acids is 1. The van der Waals surface area contributed by atoms with Gasteiger partial charge in [0.15, 0.2) is 9.84 Å². The van der Waals surface area contributed by atoms with E-state index in [1.807, 2.05) is 0 Å².